The van der Waals surface area contributed by atoms with Gasteiger partial charge in [-0.3, -0.25) is 4.79 Å². The minimum atomic E-state index is -0.992. The number of carboxylic acids is 1. The molecule has 5 heteroatoms. The molecular weight excluding hydrogens is 286 g/mol. The highest BCUT2D eigenvalue weighted by Gasteiger charge is 2.18. The average Bonchev–Trinajstić information content (AvgIpc) is 2.98. The quantitative estimate of drug-likeness (QED) is 0.923. The van der Waals surface area contributed by atoms with Crippen LogP contribution in [-0.2, 0) is 6.42 Å². The van der Waals surface area contributed by atoms with Gasteiger partial charge in [0.1, 0.15) is 0 Å². The summed E-state index contributed by atoms with van der Waals surface area (Å²) in [5.74, 6) is -1.09. The summed E-state index contributed by atoms with van der Waals surface area (Å²) in [4.78, 5) is 24.9. The van der Waals surface area contributed by atoms with E-state index in [1.807, 2.05) is 12.3 Å². The lowest BCUT2D eigenvalue weighted by molar-refractivity contribution is 0.0693. The van der Waals surface area contributed by atoms with E-state index in [-0.39, 0.29) is 17.5 Å². The minimum absolute atomic E-state index is 0.0752. The van der Waals surface area contributed by atoms with Crippen LogP contribution in [-0.4, -0.2) is 35.0 Å². The van der Waals surface area contributed by atoms with Crippen molar-refractivity contribution in [3.63, 3.8) is 0 Å². The predicted molar refractivity (Wildman–Crippen MR) is 83.0 cm³/mol. The van der Waals surface area contributed by atoms with Gasteiger partial charge in [0.25, 0.3) is 5.91 Å². The molecule has 2 aromatic rings. The van der Waals surface area contributed by atoms with Crippen molar-refractivity contribution in [2.75, 3.05) is 7.05 Å². The number of rotatable bonds is 5. The number of aromatic carboxylic acids is 1. The molecule has 110 valence electrons. The van der Waals surface area contributed by atoms with Crippen molar-refractivity contribution in [3.8, 4) is 0 Å². The second-order valence-corrected chi connectivity index (χ2v) is 5.76. The summed E-state index contributed by atoms with van der Waals surface area (Å²) in [6.45, 7) is 2.00. The Morgan fingerprint density at radius 1 is 1.19 bits per heavy atom. The van der Waals surface area contributed by atoms with Crippen molar-refractivity contribution < 1.29 is 14.7 Å². The standard InChI is InChI=1S/C16H17NO3S/c1-11(9-12-7-8-21-10-12)17(2)15(18)13-3-5-14(6-4-13)16(19)20/h3-8,10-11H,9H2,1-2H3,(H,19,20)/t11-/m0/s1. The maximum absolute atomic E-state index is 12.4. The van der Waals surface area contributed by atoms with Gasteiger partial charge in [0.15, 0.2) is 0 Å². The number of hydrogen-bond donors (Lipinski definition) is 1. The topological polar surface area (TPSA) is 57.6 Å². The van der Waals surface area contributed by atoms with Crippen molar-refractivity contribution >= 4 is 23.2 Å². The van der Waals surface area contributed by atoms with Crippen LogP contribution in [0.4, 0.5) is 0 Å². The lowest BCUT2D eigenvalue weighted by Crippen LogP contribution is -2.36. The lowest BCUT2D eigenvalue weighted by Gasteiger charge is -2.25. The maximum Gasteiger partial charge on any atom is 0.335 e. The Morgan fingerprint density at radius 2 is 1.81 bits per heavy atom. The van der Waals surface area contributed by atoms with Gasteiger partial charge < -0.3 is 10.0 Å². The Kier molecular flexibility index (Phi) is 4.75. The summed E-state index contributed by atoms with van der Waals surface area (Å²) >= 11 is 1.64. The summed E-state index contributed by atoms with van der Waals surface area (Å²) in [7, 11) is 1.77. The van der Waals surface area contributed by atoms with E-state index in [1.54, 1.807) is 35.4 Å². The van der Waals surface area contributed by atoms with Gasteiger partial charge in [0, 0.05) is 18.7 Å². The van der Waals surface area contributed by atoms with Gasteiger partial charge >= 0.3 is 5.97 Å². The van der Waals surface area contributed by atoms with Crippen molar-refractivity contribution in [2.24, 2.45) is 0 Å². The third-order valence-corrected chi connectivity index (χ3v) is 4.20. The third-order valence-electron chi connectivity index (χ3n) is 3.47. The molecule has 1 heterocycles. The van der Waals surface area contributed by atoms with Gasteiger partial charge in [0.05, 0.1) is 5.56 Å². The average molecular weight is 303 g/mol. The molecule has 1 aromatic carbocycles. The largest absolute Gasteiger partial charge is 0.478 e. The predicted octanol–water partition coefficient (Wildman–Crippen LogP) is 3.15. The Bertz CT molecular complexity index is 619. The molecule has 0 bridgehead atoms. The summed E-state index contributed by atoms with van der Waals surface area (Å²) in [5, 5.41) is 13.0. The van der Waals surface area contributed by atoms with E-state index >= 15 is 0 Å². The first kappa shape index (κ1) is 15.3. The fraction of sp³-hybridized carbons (Fsp3) is 0.250. The normalized spacial score (nSPS) is 11.9. The number of benzene rings is 1. The first-order chi connectivity index (χ1) is 9.99. The van der Waals surface area contributed by atoms with Crippen molar-refractivity contribution in [1.82, 2.24) is 4.90 Å². The molecule has 21 heavy (non-hydrogen) atoms. The van der Waals surface area contributed by atoms with E-state index in [0.29, 0.717) is 5.56 Å². The molecule has 1 atom stereocenters. The van der Waals surface area contributed by atoms with Crippen molar-refractivity contribution in [3.05, 3.63) is 57.8 Å². The minimum Gasteiger partial charge on any atom is -0.478 e. The molecule has 0 radical (unpaired) electrons. The van der Waals surface area contributed by atoms with Gasteiger partial charge in [-0.15, -0.1) is 0 Å². The zero-order valence-electron chi connectivity index (χ0n) is 11.9. The summed E-state index contributed by atoms with van der Waals surface area (Å²) in [6.07, 6.45) is 0.805. The van der Waals surface area contributed by atoms with E-state index in [9.17, 15) is 9.59 Å². The first-order valence-electron chi connectivity index (χ1n) is 6.60. The molecule has 0 saturated carbocycles. The monoisotopic (exact) mass is 303 g/mol. The van der Waals surface area contributed by atoms with Crippen LogP contribution in [0, 0.1) is 0 Å². The van der Waals surface area contributed by atoms with Crippen molar-refractivity contribution in [2.45, 2.75) is 19.4 Å². The van der Waals surface area contributed by atoms with Gasteiger partial charge in [-0.2, -0.15) is 11.3 Å². The molecule has 1 aromatic heterocycles. The van der Waals surface area contributed by atoms with Crippen LogP contribution in [0.15, 0.2) is 41.1 Å². The molecule has 0 spiro atoms. The summed E-state index contributed by atoms with van der Waals surface area (Å²) in [5.41, 5.74) is 1.90. The van der Waals surface area contributed by atoms with E-state index in [2.05, 4.69) is 11.4 Å². The van der Waals surface area contributed by atoms with Crippen LogP contribution in [0.5, 0.6) is 0 Å². The van der Waals surface area contributed by atoms with Crippen LogP contribution in [0.1, 0.15) is 33.2 Å². The van der Waals surface area contributed by atoms with Gasteiger partial charge in [-0.25, -0.2) is 4.79 Å². The Hall–Kier alpha value is -2.14. The van der Waals surface area contributed by atoms with Crippen molar-refractivity contribution in [1.29, 1.82) is 0 Å². The van der Waals surface area contributed by atoms with Crippen LogP contribution in [0.3, 0.4) is 0 Å². The summed E-state index contributed by atoms with van der Waals surface area (Å²) in [6, 6.07) is 8.14. The van der Waals surface area contributed by atoms with Crippen LogP contribution >= 0.6 is 11.3 Å². The molecule has 4 nitrogen and oxygen atoms in total. The molecule has 0 unspecified atom stereocenters. The number of likely N-dealkylation sites (N-methyl/N-ethyl adjacent to an activating group) is 1. The second-order valence-electron chi connectivity index (χ2n) is 4.98. The zero-order valence-corrected chi connectivity index (χ0v) is 12.8. The Morgan fingerprint density at radius 3 is 2.33 bits per heavy atom. The molecule has 1 amide bonds. The second kappa shape index (κ2) is 6.54. The van der Waals surface area contributed by atoms with E-state index in [4.69, 9.17) is 5.11 Å². The molecule has 0 saturated heterocycles. The molecule has 2 rings (SSSR count). The van der Waals surface area contributed by atoms with E-state index in [1.165, 1.54) is 17.7 Å². The highest BCUT2D eigenvalue weighted by molar-refractivity contribution is 7.07. The van der Waals surface area contributed by atoms with Crippen LogP contribution < -0.4 is 0 Å². The highest BCUT2D eigenvalue weighted by atomic mass is 32.1. The van der Waals surface area contributed by atoms with E-state index < -0.39 is 5.97 Å². The van der Waals surface area contributed by atoms with Gasteiger partial charge in [0.2, 0.25) is 0 Å². The smallest absolute Gasteiger partial charge is 0.335 e. The highest BCUT2D eigenvalue weighted by Crippen LogP contribution is 2.14. The number of thiophene rings is 1. The number of nitrogens with zero attached hydrogens (tertiary/aromatic N) is 1. The fourth-order valence-electron chi connectivity index (χ4n) is 2.05. The van der Waals surface area contributed by atoms with Crippen LogP contribution in [0.25, 0.3) is 0 Å². The molecule has 0 fully saturated rings. The fourth-order valence-corrected chi connectivity index (χ4v) is 2.73. The van der Waals surface area contributed by atoms with Crippen LogP contribution in [0.2, 0.25) is 0 Å². The first-order valence-corrected chi connectivity index (χ1v) is 7.55. The number of carboxylic acid groups (broad SMARTS) is 1. The molecular formula is C16H17NO3S. The lowest BCUT2D eigenvalue weighted by atomic mass is 10.1. The molecule has 0 aliphatic carbocycles. The summed E-state index contributed by atoms with van der Waals surface area (Å²) < 4.78 is 0. The maximum atomic E-state index is 12.4. The zero-order chi connectivity index (χ0) is 15.4. The third kappa shape index (κ3) is 3.70. The number of hydrogen-bond acceptors (Lipinski definition) is 3. The Balaban J connectivity index is 2.05. The molecule has 0 aliphatic heterocycles. The Labute approximate surface area is 127 Å². The molecule has 1 N–H and O–H groups in total. The van der Waals surface area contributed by atoms with Gasteiger partial charge in [-0.1, -0.05) is 0 Å². The number of amides is 1. The molecule has 0 aliphatic rings. The van der Waals surface area contributed by atoms with Gasteiger partial charge in [-0.05, 0) is 60.0 Å². The van der Waals surface area contributed by atoms with E-state index in [0.717, 1.165) is 6.42 Å². The number of carbonyl (C=O) groups is 2. The SMILES string of the molecule is C[C@@H](Cc1ccsc1)N(C)C(=O)c1ccc(C(=O)O)cc1. The number of carbonyl (C=O) groups excluding carboxylic acids is 1.